The molecule has 2 aromatic carbocycles. The average Bonchev–Trinajstić information content (AvgIpc) is 2.73. The molecule has 2 aromatic rings. The van der Waals surface area contributed by atoms with E-state index in [0.717, 1.165) is 25.7 Å². The molecule has 0 aliphatic carbocycles. The van der Waals surface area contributed by atoms with E-state index in [2.05, 4.69) is 13.8 Å². The maximum absolute atomic E-state index is 13.1. The van der Waals surface area contributed by atoms with E-state index in [4.69, 9.17) is 5.41 Å². The van der Waals surface area contributed by atoms with Crippen LogP contribution in [0.5, 0.6) is 0 Å². The van der Waals surface area contributed by atoms with Crippen molar-refractivity contribution in [3.63, 3.8) is 0 Å². The quantitative estimate of drug-likeness (QED) is 0.477. The first kappa shape index (κ1) is 20.6. The molecule has 0 heterocycles. The number of rotatable bonds is 10. The Morgan fingerprint density at radius 1 is 0.815 bits per heavy atom. The van der Waals surface area contributed by atoms with E-state index in [1.807, 2.05) is 11.0 Å². The minimum atomic E-state index is -0.420. The van der Waals surface area contributed by atoms with E-state index in [0.29, 0.717) is 29.8 Å². The molecule has 0 saturated carbocycles. The number of benzene rings is 2. The summed E-state index contributed by atoms with van der Waals surface area (Å²) in [6.07, 6.45) is 3.89. The summed E-state index contributed by atoms with van der Waals surface area (Å²) in [5.74, 6) is -0.544. The molecule has 2 rings (SSSR count). The van der Waals surface area contributed by atoms with Gasteiger partial charge in [0.2, 0.25) is 5.78 Å². The van der Waals surface area contributed by atoms with E-state index >= 15 is 0 Å². The minimum absolute atomic E-state index is 0.0930. The zero-order valence-corrected chi connectivity index (χ0v) is 16.2. The molecule has 0 saturated heterocycles. The number of Topliss-reactive ketones (excluding diaryl/α,β-unsaturated/α-hetero) is 1. The second-order valence-corrected chi connectivity index (χ2v) is 6.62. The number of carbonyl (C=O) groups is 2. The van der Waals surface area contributed by atoms with E-state index in [1.54, 1.807) is 48.5 Å². The van der Waals surface area contributed by atoms with Gasteiger partial charge in [0, 0.05) is 24.2 Å². The van der Waals surface area contributed by atoms with Crippen molar-refractivity contribution in [2.75, 3.05) is 13.1 Å². The lowest BCUT2D eigenvalue weighted by atomic mass is 9.96. The molecule has 0 aromatic heterocycles. The highest BCUT2D eigenvalue weighted by atomic mass is 16.2. The van der Waals surface area contributed by atoms with Gasteiger partial charge in [-0.3, -0.25) is 15.0 Å². The lowest BCUT2D eigenvalue weighted by Crippen LogP contribution is -2.34. The highest BCUT2D eigenvalue weighted by Crippen LogP contribution is 2.16. The van der Waals surface area contributed by atoms with Crippen molar-refractivity contribution < 1.29 is 9.59 Å². The number of ketones is 1. The van der Waals surface area contributed by atoms with Crippen molar-refractivity contribution in [1.29, 1.82) is 5.41 Å². The van der Waals surface area contributed by atoms with Crippen LogP contribution in [-0.2, 0) is 0 Å². The summed E-state index contributed by atoms with van der Waals surface area (Å²) in [6.45, 7) is 5.57. The molecule has 4 nitrogen and oxygen atoms in total. The van der Waals surface area contributed by atoms with Gasteiger partial charge < -0.3 is 4.90 Å². The summed E-state index contributed by atoms with van der Waals surface area (Å²) in [6, 6.07) is 15.8. The maximum atomic E-state index is 13.1. The van der Waals surface area contributed by atoms with Gasteiger partial charge >= 0.3 is 0 Å². The largest absolute Gasteiger partial charge is 0.339 e. The summed E-state index contributed by atoms with van der Waals surface area (Å²) in [5, 5.41) is 8.27. The average molecular weight is 364 g/mol. The Hall–Kier alpha value is -2.75. The first-order valence-corrected chi connectivity index (χ1v) is 9.67. The van der Waals surface area contributed by atoms with Crippen LogP contribution in [0.2, 0.25) is 0 Å². The molecule has 142 valence electrons. The second kappa shape index (κ2) is 10.4. The first-order valence-electron chi connectivity index (χ1n) is 9.67. The smallest absolute Gasteiger partial charge is 0.254 e. The Bertz CT molecular complexity index is 776. The third-order valence-corrected chi connectivity index (χ3v) is 4.54. The fraction of sp³-hybridized carbons (Fsp3) is 0.348. The highest BCUT2D eigenvalue weighted by molar-refractivity contribution is 6.51. The molecular weight excluding hydrogens is 336 g/mol. The Kier molecular flexibility index (Phi) is 7.93. The lowest BCUT2D eigenvalue weighted by Gasteiger charge is -2.23. The molecule has 1 amide bonds. The summed E-state index contributed by atoms with van der Waals surface area (Å²) >= 11 is 0. The van der Waals surface area contributed by atoms with Gasteiger partial charge in [0.15, 0.2) is 0 Å². The van der Waals surface area contributed by atoms with E-state index in [1.165, 1.54) is 0 Å². The zero-order chi connectivity index (χ0) is 19.6. The Labute approximate surface area is 161 Å². The minimum Gasteiger partial charge on any atom is -0.339 e. The van der Waals surface area contributed by atoms with Gasteiger partial charge in [-0.15, -0.1) is 0 Å². The zero-order valence-electron chi connectivity index (χ0n) is 16.2. The molecule has 0 aliphatic rings. The number of hydrogen-bond acceptors (Lipinski definition) is 3. The van der Waals surface area contributed by atoms with Gasteiger partial charge in [0.1, 0.15) is 5.71 Å². The Balaban J connectivity index is 2.31. The molecule has 1 N–H and O–H groups in total. The lowest BCUT2D eigenvalue weighted by molar-refractivity contribution is 0.0747. The predicted molar refractivity (Wildman–Crippen MR) is 110 cm³/mol. The van der Waals surface area contributed by atoms with Crippen LogP contribution in [0.1, 0.15) is 65.8 Å². The van der Waals surface area contributed by atoms with E-state index < -0.39 is 5.78 Å². The molecule has 0 atom stereocenters. The first-order chi connectivity index (χ1) is 13.1. The number of nitrogens with one attached hydrogen (secondary N) is 1. The summed E-state index contributed by atoms with van der Waals surface area (Å²) < 4.78 is 0. The Morgan fingerprint density at radius 3 is 1.89 bits per heavy atom. The van der Waals surface area contributed by atoms with Crippen LogP contribution in [0.15, 0.2) is 54.6 Å². The standard InChI is InChI=1S/C23H28N2O2/c1-3-5-16-25(17-6-4-2)23(27)20-15-11-10-14-19(20)22(26)21(24)18-12-8-7-9-13-18/h7-15,24H,3-6,16-17H2,1-2H3. The normalized spacial score (nSPS) is 10.4. The molecular formula is C23H28N2O2. The third-order valence-electron chi connectivity index (χ3n) is 4.54. The van der Waals surface area contributed by atoms with Gasteiger partial charge in [-0.2, -0.15) is 0 Å². The van der Waals surface area contributed by atoms with Gasteiger partial charge in [-0.05, 0) is 18.9 Å². The third kappa shape index (κ3) is 5.36. The van der Waals surface area contributed by atoms with Crippen LogP contribution in [0.25, 0.3) is 0 Å². The van der Waals surface area contributed by atoms with Crippen molar-refractivity contribution in [2.45, 2.75) is 39.5 Å². The fourth-order valence-corrected chi connectivity index (χ4v) is 2.92. The van der Waals surface area contributed by atoms with Crippen LogP contribution in [0, 0.1) is 5.41 Å². The highest BCUT2D eigenvalue weighted by Gasteiger charge is 2.23. The van der Waals surface area contributed by atoms with Crippen molar-refractivity contribution in [3.05, 3.63) is 71.3 Å². The Morgan fingerprint density at radius 2 is 1.33 bits per heavy atom. The topological polar surface area (TPSA) is 61.2 Å². The summed E-state index contributed by atoms with van der Waals surface area (Å²) in [4.78, 5) is 27.9. The van der Waals surface area contributed by atoms with Gasteiger partial charge in [-0.25, -0.2) is 0 Å². The molecule has 4 heteroatoms. The number of carbonyl (C=O) groups excluding carboxylic acids is 2. The molecule has 0 fully saturated rings. The van der Waals surface area contributed by atoms with Crippen LogP contribution in [0.3, 0.4) is 0 Å². The SMILES string of the molecule is CCCCN(CCCC)C(=O)c1ccccc1C(=O)C(=N)c1ccccc1. The van der Waals surface area contributed by atoms with Crippen LogP contribution < -0.4 is 0 Å². The number of nitrogens with zero attached hydrogens (tertiary/aromatic N) is 1. The van der Waals surface area contributed by atoms with Crippen molar-refractivity contribution in [3.8, 4) is 0 Å². The predicted octanol–water partition coefficient (Wildman–Crippen LogP) is 4.98. The van der Waals surface area contributed by atoms with Crippen molar-refractivity contribution in [1.82, 2.24) is 4.90 Å². The molecule has 27 heavy (non-hydrogen) atoms. The summed E-state index contributed by atoms with van der Waals surface area (Å²) in [7, 11) is 0. The second-order valence-electron chi connectivity index (χ2n) is 6.62. The molecule has 0 radical (unpaired) electrons. The van der Waals surface area contributed by atoms with Crippen molar-refractivity contribution in [2.24, 2.45) is 0 Å². The van der Waals surface area contributed by atoms with E-state index in [9.17, 15) is 9.59 Å². The summed E-state index contributed by atoms with van der Waals surface area (Å²) in [5.41, 5.74) is 1.15. The van der Waals surface area contributed by atoms with Crippen LogP contribution in [-0.4, -0.2) is 35.4 Å². The van der Waals surface area contributed by atoms with Crippen molar-refractivity contribution >= 4 is 17.4 Å². The molecule has 0 aliphatic heterocycles. The molecule has 0 unspecified atom stereocenters. The maximum Gasteiger partial charge on any atom is 0.254 e. The van der Waals surface area contributed by atoms with Gasteiger partial charge in [-0.1, -0.05) is 75.2 Å². The fourth-order valence-electron chi connectivity index (χ4n) is 2.92. The number of amides is 1. The number of hydrogen-bond donors (Lipinski definition) is 1. The van der Waals surface area contributed by atoms with Gasteiger partial charge in [0.25, 0.3) is 5.91 Å². The molecule has 0 bridgehead atoms. The van der Waals surface area contributed by atoms with Gasteiger partial charge in [0.05, 0.1) is 5.56 Å². The monoisotopic (exact) mass is 364 g/mol. The number of unbranched alkanes of at least 4 members (excludes halogenated alkanes) is 2. The molecule has 0 spiro atoms. The van der Waals surface area contributed by atoms with E-state index in [-0.39, 0.29) is 11.6 Å². The van der Waals surface area contributed by atoms with Crippen LogP contribution in [0.4, 0.5) is 0 Å². The van der Waals surface area contributed by atoms with Crippen LogP contribution >= 0.6 is 0 Å².